The number of para-hydroxylation sites is 1. The molecular weight excluding hydrogens is 232 g/mol. The van der Waals surface area contributed by atoms with E-state index in [0.29, 0.717) is 0 Å². The minimum absolute atomic E-state index is 0.813. The van der Waals surface area contributed by atoms with Crippen LogP contribution in [0.2, 0.25) is 0 Å². The van der Waals surface area contributed by atoms with Gasteiger partial charge in [-0.3, -0.25) is 4.98 Å². The van der Waals surface area contributed by atoms with Crippen LogP contribution in [-0.4, -0.2) is 4.98 Å². The fourth-order valence-electron chi connectivity index (χ4n) is 2.32. The number of aromatic nitrogens is 1. The molecule has 0 aliphatic heterocycles. The normalized spacial score (nSPS) is 10.8. The Kier molecular flexibility index (Phi) is 2.92. The molecule has 2 N–H and O–H groups in total. The first-order valence-corrected chi connectivity index (χ1v) is 6.42. The van der Waals surface area contributed by atoms with Crippen molar-refractivity contribution >= 4 is 16.6 Å². The Morgan fingerprint density at radius 2 is 1.84 bits per heavy atom. The second kappa shape index (κ2) is 4.73. The van der Waals surface area contributed by atoms with Crippen molar-refractivity contribution in [1.29, 1.82) is 0 Å². The zero-order chi connectivity index (χ0) is 13.2. The van der Waals surface area contributed by atoms with E-state index < -0.39 is 0 Å². The molecule has 2 heteroatoms. The lowest BCUT2D eigenvalue weighted by atomic mass is 10.0. The predicted molar refractivity (Wildman–Crippen MR) is 80.1 cm³/mol. The molecule has 0 fully saturated rings. The standard InChI is InChI=1S/C17H16N2/c1-12-10-15(18)8-6-14(12)11-16-9-7-13-4-2-3-5-17(13)19-16/h2-10H,11,18H2,1H3. The summed E-state index contributed by atoms with van der Waals surface area (Å²) in [6, 6.07) is 18.5. The van der Waals surface area contributed by atoms with E-state index in [1.807, 2.05) is 24.3 Å². The minimum atomic E-state index is 0.813. The first-order chi connectivity index (χ1) is 9.22. The van der Waals surface area contributed by atoms with Crippen molar-refractivity contribution in [2.45, 2.75) is 13.3 Å². The number of rotatable bonds is 2. The summed E-state index contributed by atoms with van der Waals surface area (Å²) in [5, 5.41) is 1.18. The molecule has 0 bridgehead atoms. The average molecular weight is 248 g/mol. The molecule has 3 aromatic rings. The highest BCUT2D eigenvalue weighted by atomic mass is 14.7. The summed E-state index contributed by atoms with van der Waals surface area (Å²) in [5.41, 5.74) is 11.2. The van der Waals surface area contributed by atoms with Crippen LogP contribution >= 0.6 is 0 Å². The highest BCUT2D eigenvalue weighted by molar-refractivity contribution is 5.78. The van der Waals surface area contributed by atoms with Gasteiger partial charge in [-0.1, -0.05) is 30.3 Å². The van der Waals surface area contributed by atoms with Crippen LogP contribution in [0.25, 0.3) is 10.9 Å². The van der Waals surface area contributed by atoms with E-state index in [4.69, 9.17) is 10.7 Å². The van der Waals surface area contributed by atoms with Crippen molar-refractivity contribution < 1.29 is 0 Å². The monoisotopic (exact) mass is 248 g/mol. The van der Waals surface area contributed by atoms with Crippen LogP contribution in [-0.2, 0) is 6.42 Å². The SMILES string of the molecule is Cc1cc(N)ccc1Cc1ccc2ccccc2n1. The maximum atomic E-state index is 5.78. The van der Waals surface area contributed by atoms with E-state index in [9.17, 15) is 0 Å². The number of nitrogen functional groups attached to an aromatic ring is 1. The van der Waals surface area contributed by atoms with Crippen molar-refractivity contribution in [3.05, 3.63) is 71.4 Å². The van der Waals surface area contributed by atoms with Crippen LogP contribution in [0.4, 0.5) is 5.69 Å². The highest BCUT2D eigenvalue weighted by Crippen LogP contribution is 2.18. The van der Waals surface area contributed by atoms with Gasteiger partial charge in [-0.25, -0.2) is 0 Å². The van der Waals surface area contributed by atoms with Gasteiger partial charge in [-0.2, -0.15) is 0 Å². The van der Waals surface area contributed by atoms with Gasteiger partial charge >= 0.3 is 0 Å². The average Bonchev–Trinajstić information content (AvgIpc) is 2.42. The van der Waals surface area contributed by atoms with Crippen molar-refractivity contribution in [3.8, 4) is 0 Å². The van der Waals surface area contributed by atoms with Crippen LogP contribution in [0.5, 0.6) is 0 Å². The number of pyridine rings is 1. The lowest BCUT2D eigenvalue weighted by Gasteiger charge is -2.07. The summed E-state index contributed by atoms with van der Waals surface area (Å²) >= 11 is 0. The maximum Gasteiger partial charge on any atom is 0.0705 e. The Balaban J connectivity index is 1.96. The molecule has 0 saturated carbocycles. The lowest BCUT2D eigenvalue weighted by Crippen LogP contribution is -1.96. The third kappa shape index (κ3) is 2.43. The van der Waals surface area contributed by atoms with Crippen molar-refractivity contribution in [2.24, 2.45) is 0 Å². The van der Waals surface area contributed by atoms with Gasteiger partial charge in [0, 0.05) is 23.2 Å². The maximum absolute atomic E-state index is 5.78. The topological polar surface area (TPSA) is 38.9 Å². The molecule has 1 aromatic heterocycles. The third-order valence-electron chi connectivity index (χ3n) is 3.39. The van der Waals surface area contributed by atoms with Crippen LogP contribution < -0.4 is 5.73 Å². The van der Waals surface area contributed by atoms with Crippen LogP contribution in [0.15, 0.2) is 54.6 Å². The van der Waals surface area contributed by atoms with Gasteiger partial charge in [-0.15, -0.1) is 0 Å². The number of hydrogen-bond donors (Lipinski definition) is 1. The first-order valence-electron chi connectivity index (χ1n) is 6.42. The number of benzene rings is 2. The molecule has 0 saturated heterocycles. The quantitative estimate of drug-likeness (QED) is 0.702. The molecule has 0 unspecified atom stereocenters. The number of aryl methyl sites for hydroxylation is 1. The van der Waals surface area contributed by atoms with Crippen molar-refractivity contribution in [1.82, 2.24) is 4.98 Å². The summed E-state index contributed by atoms with van der Waals surface area (Å²) in [6.07, 6.45) is 0.844. The molecular formula is C17H16N2. The Morgan fingerprint density at radius 3 is 2.68 bits per heavy atom. The Morgan fingerprint density at radius 1 is 1.00 bits per heavy atom. The summed E-state index contributed by atoms with van der Waals surface area (Å²) in [4.78, 5) is 4.70. The Hall–Kier alpha value is -2.35. The molecule has 19 heavy (non-hydrogen) atoms. The smallest absolute Gasteiger partial charge is 0.0705 e. The molecule has 0 amide bonds. The number of hydrogen-bond acceptors (Lipinski definition) is 2. The predicted octanol–water partition coefficient (Wildman–Crippen LogP) is 3.72. The van der Waals surface area contributed by atoms with Crippen LogP contribution in [0, 0.1) is 6.92 Å². The van der Waals surface area contributed by atoms with E-state index in [1.165, 1.54) is 16.5 Å². The molecule has 2 nitrogen and oxygen atoms in total. The van der Waals surface area contributed by atoms with Gasteiger partial charge < -0.3 is 5.73 Å². The second-order valence-electron chi connectivity index (χ2n) is 4.86. The van der Waals surface area contributed by atoms with Gasteiger partial charge in [-0.05, 0) is 42.3 Å². The largest absolute Gasteiger partial charge is 0.399 e. The minimum Gasteiger partial charge on any atom is -0.399 e. The number of anilines is 1. The molecule has 0 aliphatic rings. The van der Waals surface area contributed by atoms with E-state index in [1.54, 1.807) is 0 Å². The molecule has 1 heterocycles. The number of nitrogens with zero attached hydrogens (tertiary/aromatic N) is 1. The van der Waals surface area contributed by atoms with Crippen LogP contribution in [0.3, 0.4) is 0 Å². The zero-order valence-corrected chi connectivity index (χ0v) is 10.9. The van der Waals surface area contributed by atoms with Crippen molar-refractivity contribution in [3.63, 3.8) is 0 Å². The summed E-state index contributed by atoms with van der Waals surface area (Å²) in [5.74, 6) is 0. The lowest BCUT2D eigenvalue weighted by molar-refractivity contribution is 1.08. The summed E-state index contributed by atoms with van der Waals surface area (Å²) in [7, 11) is 0. The van der Waals surface area contributed by atoms with E-state index in [-0.39, 0.29) is 0 Å². The third-order valence-corrected chi connectivity index (χ3v) is 3.39. The van der Waals surface area contributed by atoms with Gasteiger partial charge in [0.2, 0.25) is 0 Å². The van der Waals surface area contributed by atoms with Crippen molar-refractivity contribution in [2.75, 3.05) is 5.73 Å². The number of fused-ring (bicyclic) bond motifs is 1. The Labute approximate surface area is 112 Å². The Bertz CT molecular complexity index is 732. The molecule has 94 valence electrons. The van der Waals surface area contributed by atoms with Gasteiger partial charge in [0.1, 0.15) is 0 Å². The van der Waals surface area contributed by atoms with E-state index in [2.05, 4.69) is 37.3 Å². The zero-order valence-electron chi connectivity index (χ0n) is 10.9. The fraction of sp³-hybridized carbons (Fsp3) is 0.118. The van der Waals surface area contributed by atoms with Gasteiger partial charge in [0.05, 0.1) is 5.52 Å². The molecule has 2 aromatic carbocycles. The molecule has 3 rings (SSSR count). The molecule has 0 radical (unpaired) electrons. The van der Waals surface area contributed by atoms with E-state index in [0.717, 1.165) is 23.3 Å². The van der Waals surface area contributed by atoms with Crippen LogP contribution in [0.1, 0.15) is 16.8 Å². The second-order valence-corrected chi connectivity index (χ2v) is 4.86. The summed E-state index contributed by atoms with van der Waals surface area (Å²) in [6.45, 7) is 2.09. The molecule has 0 spiro atoms. The first kappa shape index (κ1) is 11.7. The fourth-order valence-corrected chi connectivity index (χ4v) is 2.32. The van der Waals surface area contributed by atoms with Gasteiger partial charge in [0.15, 0.2) is 0 Å². The molecule has 0 atom stereocenters. The highest BCUT2D eigenvalue weighted by Gasteiger charge is 2.03. The summed E-state index contributed by atoms with van der Waals surface area (Å²) < 4.78 is 0. The molecule has 0 aliphatic carbocycles. The van der Waals surface area contributed by atoms with E-state index >= 15 is 0 Å². The van der Waals surface area contributed by atoms with Gasteiger partial charge in [0.25, 0.3) is 0 Å². The number of nitrogens with two attached hydrogens (primary N) is 1.